The Morgan fingerprint density at radius 2 is 1.75 bits per heavy atom. The Hall–Kier alpha value is -1.96. The molecule has 0 aliphatic carbocycles. The Bertz CT molecular complexity index is 558. The minimum atomic E-state index is -0.155. The van der Waals surface area contributed by atoms with Gasteiger partial charge in [-0.15, -0.1) is 0 Å². The van der Waals surface area contributed by atoms with Gasteiger partial charge in [-0.3, -0.25) is 9.78 Å². The highest BCUT2D eigenvalue weighted by Gasteiger charge is 2.17. The second-order valence-corrected chi connectivity index (χ2v) is 5.64. The van der Waals surface area contributed by atoms with E-state index >= 15 is 0 Å². The molecule has 104 valence electrons. The minimum Gasteiger partial charge on any atom is -0.292 e. The molecule has 0 aliphatic heterocycles. The van der Waals surface area contributed by atoms with Crippen molar-refractivity contribution < 1.29 is 4.79 Å². The van der Waals surface area contributed by atoms with E-state index in [-0.39, 0.29) is 11.7 Å². The summed E-state index contributed by atoms with van der Waals surface area (Å²) in [6.45, 7) is 6.36. The van der Waals surface area contributed by atoms with Gasteiger partial charge in [0.05, 0.1) is 0 Å². The van der Waals surface area contributed by atoms with Crippen molar-refractivity contribution in [2.75, 3.05) is 0 Å². The Balaban J connectivity index is 2.13. The van der Waals surface area contributed by atoms with Crippen LogP contribution in [0.25, 0.3) is 0 Å². The van der Waals surface area contributed by atoms with Crippen molar-refractivity contribution in [2.24, 2.45) is 5.92 Å². The van der Waals surface area contributed by atoms with Gasteiger partial charge in [0.1, 0.15) is 5.69 Å². The van der Waals surface area contributed by atoms with Crippen LogP contribution < -0.4 is 0 Å². The second-order valence-electron chi connectivity index (χ2n) is 5.64. The number of carbonyl (C=O) groups is 1. The fourth-order valence-electron chi connectivity index (χ4n) is 2.30. The zero-order chi connectivity index (χ0) is 14.5. The lowest BCUT2D eigenvalue weighted by Crippen LogP contribution is -2.11. The lowest BCUT2D eigenvalue weighted by molar-refractivity contribution is 0.0961. The van der Waals surface area contributed by atoms with Gasteiger partial charge in [0.2, 0.25) is 0 Å². The molecular weight excluding hydrogens is 246 g/mol. The first-order chi connectivity index (χ1) is 9.58. The van der Waals surface area contributed by atoms with Crippen molar-refractivity contribution >= 4 is 5.78 Å². The summed E-state index contributed by atoms with van der Waals surface area (Å²) < 4.78 is 0. The third-order valence-corrected chi connectivity index (χ3v) is 3.43. The van der Waals surface area contributed by atoms with Crippen molar-refractivity contribution in [3.05, 3.63) is 65.5 Å². The molecule has 2 rings (SSSR count). The summed E-state index contributed by atoms with van der Waals surface area (Å²) in [6, 6.07) is 13.8. The molecule has 0 radical (unpaired) electrons. The van der Waals surface area contributed by atoms with Crippen LogP contribution in [0.15, 0.2) is 48.7 Å². The molecule has 1 aromatic carbocycles. The molecule has 2 aromatic rings. The molecule has 0 saturated carbocycles. The predicted molar refractivity (Wildman–Crippen MR) is 82.0 cm³/mol. The van der Waals surface area contributed by atoms with Crippen molar-refractivity contribution in [2.45, 2.75) is 33.1 Å². The van der Waals surface area contributed by atoms with Crippen molar-refractivity contribution in [1.82, 2.24) is 4.98 Å². The normalized spacial score (nSPS) is 12.4. The Morgan fingerprint density at radius 1 is 1.05 bits per heavy atom. The standard InChI is InChI=1S/C18H21NO/c1-13(2)12-15-7-9-16(10-8-15)14(3)18(20)17-6-4-5-11-19-17/h4-11,13-14H,12H2,1-3H3. The highest BCUT2D eigenvalue weighted by molar-refractivity contribution is 5.99. The number of ketones is 1. The van der Waals surface area contributed by atoms with Gasteiger partial charge in [0, 0.05) is 12.1 Å². The Morgan fingerprint density at radius 3 is 2.30 bits per heavy atom. The minimum absolute atomic E-state index is 0.0715. The molecule has 1 unspecified atom stereocenters. The highest BCUT2D eigenvalue weighted by Crippen LogP contribution is 2.21. The van der Waals surface area contributed by atoms with Crippen LogP contribution in [-0.4, -0.2) is 10.8 Å². The highest BCUT2D eigenvalue weighted by atomic mass is 16.1. The van der Waals surface area contributed by atoms with E-state index in [1.54, 1.807) is 12.3 Å². The molecule has 2 nitrogen and oxygen atoms in total. The number of carbonyl (C=O) groups excluding carboxylic acids is 1. The number of hydrogen-bond acceptors (Lipinski definition) is 2. The summed E-state index contributed by atoms with van der Waals surface area (Å²) in [5.74, 6) is 0.564. The van der Waals surface area contributed by atoms with E-state index in [0.29, 0.717) is 11.6 Å². The summed E-state index contributed by atoms with van der Waals surface area (Å²) in [5.41, 5.74) is 2.90. The fraction of sp³-hybridized carbons (Fsp3) is 0.333. The van der Waals surface area contributed by atoms with E-state index < -0.39 is 0 Å². The van der Waals surface area contributed by atoms with Gasteiger partial charge in [0.15, 0.2) is 5.78 Å². The number of nitrogens with zero attached hydrogens (tertiary/aromatic N) is 1. The summed E-state index contributed by atoms with van der Waals surface area (Å²) >= 11 is 0. The largest absolute Gasteiger partial charge is 0.292 e. The quantitative estimate of drug-likeness (QED) is 0.757. The number of rotatable bonds is 5. The first kappa shape index (κ1) is 14.4. The molecule has 0 spiro atoms. The van der Waals surface area contributed by atoms with E-state index in [1.165, 1.54) is 5.56 Å². The van der Waals surface area contributed by atoms with Crippen LogP contribution in [0.3, 0.4) is 0 Å². The number of benzene rings is 1. The molecule has 0 aliphatic rings. The molecule has 0 bridgehead atoms. The van der Waals surface area contributed by atoms with Crippen molar-refractivity contribution in [3.63, 3.8) is 0 Å². The zero-order valence-electron chi connectivity index (χ0n) is 12.3. The average molecular weight is 267 g/mol. The zero-order valence-corrected chi connectivity index (χ0v) is 12.3. The smallest absolute Gasteiger partial charge is 0.188 e. The fourth-order valence-corrected chi connectivity index (χ4v) is 2.30. The van der Waals surface area contributed by atoms with Crippen molar-refractivity contribution in [1.29, 1.82) is 0 Å². The maximum Gasteiger partial charge on any atom is 0.188 e. The van der Waals surface area contributed by atoms with Crippen LogP contribution in [0.4, 0.5) is 0 Å². The maximum absolute atomic E-state index is 12.3. The molecule has 0 fully saturated rings. The van der Waals surface area contributed by atoms with Crippen LogP contribution in [-0.2, 0) is 6.42 Å². The van der Waals surface area contributed by atoms with E-state index in [0.717, 1.165) is 12.0 Å². The molecule has 20 heavy (non-hydrogen) atoms. The molecule has 1 heterocycles. The van der Waals surface area contributed by atoms with E-state index in [1.807, 2.05) is 19.1 Å². The summed E-state index contributed by atoms with van der Waals surface area (Å²) in [5, 5.41) is 0. The second kappa shape index (κ2) is 6.47. The van der Waals surface area contributed by atoms with Gasteiger partial charge >= 0.3 is 0 Å². The molecule has 0 saturated heterocycles. The first-order valence-electron chi connectivity index (χ1n) is 7.12. The molecule has 0 N–H and O–H groups in total. The Labute approximate surface area is 120 Å². The monoisotopic (exact) mass is 267 g/mol. The van der Waals surface area contributed by atoms with Crippen LogP contribution >= 0.6 is 0 Å². The van der Waals surface area contributed by atoms with Crippen molar-refractivity contribution in [3.8, 4) is 0 Å². The maximum atomic E-state index is 12.3. The van der Waals surface area contributed by atoms with E-state index in [9.17, 15) is 4.79 Å². The lowest BCUT2D eigenvalue weighted by atomic mass is 9.92. The number of hydrogen-bond donors (Lipinski definition) is 0. The SMILES string of the molecule is CC(C)Cc1ccc(C(C)C(=O)c2ccccn2)cc1. The van der Waals surface area contributed by atoms with Gasteiger partial charge in [-0.05, 0) is 35.6 Å². The van der Waals surface area contributed by atoms with Crippen LogP contribution in [0, 0.1) is 5.92 Å². The number of Topliss-reactive ketones (excluding diaryl/α,β-unsaturated/α-hetero) is 1. The summed E-state index contributed by atoms with van der Waals surface area (Å²) in [7, 11) is 0. The molecular formula is C18H21NO. The van der Waals surface area contributed by atoms with Crippen LogP contribution in [0.1, 0.15) is 48.3 Å². The first-order valence-corrected chi connectivity index (χ1v) is 7.12. The van der Waals surface area contributed by atoms with E-state index in [4.69, 9.17) is 0 Å². The topological polar surface area (TPSA) is 30.0 Å². The van der Waals surface area contributed by atoms with Crippen LogP contribution in [0.5, 0.6) is 0 Å². The molecule has 1 aromatic heterocycles. The average Bonchev–Trinajstić information content (AvgIpc) is 2.47. The van der Waals surface area contributed by atoms with Crippen LogP contribution in [0.2, 0.25) is 0 Å². The third kappa shape index (κ3) is 3.53. The molecule has 2 heteroatoms. The van der Waals surface area contributed by atoms with E-state index in [2.05, 4.69) is 43.1 Å². The van der Waals surface area contributed by atoms with Gasteiger partial charge in [-0.2, -0.15) is 0 Å². The lowest BCUT2D eigenvalue weighted by Gasteiger charge is -2.12. The van der Waals surface area contributed by atoms with Gasteiger partial charge in [0.25, 0.3) is 0 Å². The third-order valence-electron chi connectivity index (χ3n) is 3.43. The van der Waals surface area contributed by atoms with Gasteiger partial charge in [-0.1, -0.05) is 51.1 Å². The Kier molecular flexibility index (Phi) is 4.67. The number of aromatic nitrogens is 1. The summed E-state index contributed by atoms with van der Waals surface area (Å²) in [4.78, 5) is 16.5. The number of pyridine rings is 1. The predicted octanol–water partition coefficient (Wildman–Crippen LogP) is 4.27. The molecule has 0 amide bonds. The summed E-state index contributed by atoms with van der Waals surface area (Å²) in [6.07, 6.45) is 2.73. The van der Waals surface area contributed by atoms with Gasteiger partial charge < -0.3 is 0 Å². The van der Waals surface area contributed by atoms with Gasteiger partial charge in [-0.25, -0.2) is 0 Å². The molecule has 1 atom stereocenters.